The van der Waals surface area contributed by atoms with Crippen LogP contribution in [0.25, 0.3) is 0 Å². The van der Waals surface area contributed by atoms with Gasteiger partial charge in [-0.2, -0.15) is 0 Å². The van der Waals surface area contributed by atoms with Crippen LogP contribution in [0.5, 0.6) is 0 Å². The van der Waals surface area contributed by atoms with Crippen LogP contribution in [0.3, 0.4) is 0 Å². The van der Waals surface area contributed by atoms with Gasteiger partial charge in [-0.3, -0.25) is 0 Å². The maximum Gasteiger partial charge on any atom is 0.0628 e. The van der Waals surface area contributed by atoms with Crippen LogP contribution in [0.4, 0.5) is 0 Å². The summed E-state index contributed by atoms with van der Waals surface area (Å²) in [6.45, 7) is 7.68. The summed E-state index contributed by atoms with van der Waals surface area (Å²) in [6, 6.07) is 0.503. The van der Waals surface area contributed by atoms with E-state index in [-0.39, 0.29) is 0 Å². The number of ether oxygens (including phenoxy) is 1. The predicted octanol–water partition coefficient (Wildman–Crippen LogP) is 1.10. The minimum absolute atomic E-state index is 0.503. The van der Waals surface area contributed by atoms with Crippen molar-refractivity contribution < 1.29 is 4.74 Å². The molecule has 0 bridgehead atoms. The fraction of sp³-hybridized carbons (Fsp3) is 1.00. The van der Waals surface area contributed by atoms with Gasteiger partial charge in [0.25, 0.3) is 0 Å². The summed E-state index contributed by atoms with van der Waals surface area (Å²) in [5.41, 5.74) is 0. The largest absolute Gasteiger partial charge is 0.383 e. The summed E-state index contributed by atoms with van der Waals surface area (Å²) in [4.78, 5) is 2.55. The van der Waals surface area contributed by atoms with Crippen LogP contribution >= 0.6 is 0 Å². The summed E-state index contributed by atoms with van der Waals surface area (Å²) in [7, 11) is 1.78. The first-order chi connectivity index (χ1) is 6.86. The van der Waals surface area contributed by atoms with E-state index < -0.39 is 0 Å². The average Bonchev–Trinajstić information content (AvgIpc) is 2.20. The van der Waals surface area contributed by atoms with Crippen LogP contribution in [0.15, 0.2) is 0 Å². The van der Waals surface area contributed by atoms with Gasteiger partial charge in [-0.15, -0.1) is 0 Å². The van der Waals surface area contributed by atoms with Crippen molar-refractivity contribution in [1.82, 2.24) is 10.2 Å². The lowest BCUT2D eigenvalue weighted by atomic mass is 10.1. The van der Waals surface area contributed by atoms with Crippen molar-refractivity contribution in [2.75, 3.05) is 39.9 Å². The fourth-order valence-electron chi connectivity index (χ4n) is 2.12. The molecular formula is C11H24N2O. The van der Waals surface area contributed by atoms with Crippen LogP contribution in [-0.2, 0) is 4.74 Å². The molecule has 0 aliphatic carbocycles. The standard InChI is InChI=1S/C11H24N2O/c1-3-12-11(10-14-2)9-13-7-5-4-6-8-13/h11-12H,3-10H2,1-2H3. The van der Waals surface area contributed by atoms with Crippen molar-refractivity contribution in [3.8, 4) is 0 Å². The van der Waals surface area contributed by atoms with Gasteiger partial charge in [0.15, 0.2) is 0 Å². The third-order valence-electron chi connectivity index (χ3n) is 2.79. The zero-order chi connectivity index (χ0) is 10.2. The van der Waals surface area contributed by atoms with Crippen LogP contribution < -0.4 is 5.32 Å². The molecule has 3 heteroatoms. The Morgan fingerprint density at radius 1 is 1.29 bits per heavy atom. The number of likely N-dealkylation sites (tertiary alicyclic amines) is 1. The van der Waals surface area contributed by atoms with Gasteiger partial charge < -0.3 is 15.0 Å². The van der Waals surface area contributed by atoms with Gasteiger partial charge in [0.2, 0.25) is 0 Å². The van der Waals surface area contributed by atoms with Crippen molar-refractivity contribution in [3.05, 3.63) is 0 Å². The van der Waals surface area contributed by atoms with Crippen LogP contribution in [0.1, 0.15) is 26.2 Å². The summed E-state index contributed by atoms with van der Waals surface area (Å²) in [6.07, 6.45) is 4.14. The molecular weight excluding hydrogens is 176 g/mol. The first-order valence-electron chi connectivity index (χ1n) is 5.81. The van der Waals surface area contributed by atoms with E-state index in [2.05, 4.69) is 17.1 Å². The summed E-state index contributed by atoms with van der Waals surface area (Å²) >= 11 is 0. The monoisotopic (exact) mass is 200 g/mol. The minimum atomic E-state index is 0.503. The molecule has 84 valence electrons. The molecule has 3 nitrogen and oxygen atoms in total. The average molecular weight is 200 g/mol. The second-order valence-corrected chi connectivity index (χ2v) is 4.07. The Morgan fingerprint density at radius 3 is 2.57 bits per heavy atom. The maximum atomic E-state index is 5.21. The van der Waals surface area contributed by atoms with Crippen molar-refractivity contribution in [2.45, 2.75) is 32.2 Å². The zero-order valence-corrected chi connectivity index (χ0v) is 9.59. The lowest BCUT2D eigenvalue weighted by Gasteiger charge is -2.30. The number of piperidine rings is 1. The van der Waals surface area contributed by atoms with Crippen molar-refractivity contribution >= 4 is 0 Å². The molecule has 1 aliphatic rings. The second kappa shape index (κ2) is 7.21. The number of likely N-dealkylation sites (N-methyl/N-ethyl adjacent to an activating group) is 1. The van der Waals surface area contributed by atoms with Gasteiger partial charge in [0.05, 0.1) is 6.61 Å². The van der Waals surface area contributed by atoms with Crippen LogP contribution in [0, 0.1) is 0 Å². The van der Waals surface area contributed by atoms with E-state index in [0.29, 0.717) is 6.04 Å². The number of hydrogen-bond acceptors (Lipinski definition) is 3. The van der Waals surface area contributed by atoms with Crippen LogP contribution in [-0.4, -0.2) is 50.8 Å². The molecule has 14 heavy (non-hydrogen) atoms. The lowest BCUT2D eigenvalue weighted by Crippen LogP contribution is -2.45. The van der Waals surface area contributed by atoms with Crippen molar-refractivity contribution in [1.29, 1.82) is 0 Å². The van der Waals surface area contributed by atoms with E-state index in [4.69, 9.17) is 4.74 Å². The van der Waals surface area contributed by atoms with E-state index in [9.17, 15) is 0 Å². The fourth-order valence-corrected chi connectivity index (χ4v) is 2.12. The zero-order valence-electron chi connectivity index (χ0n) is 9.59. The molecule has 1 N–H and O–H groups in total. The third-order valence-corrected chi connectivity index (χ3v) is 2.79. The highest BCUT2D eigenvalue weighted by Gasteiger charge is 2.15. The normalized spacial score (nSPS) is 21.0. The van der Waals surface area contributed by atoms with E-state index in [1.54, 1.807) is 7.11 Å². The third kappa shape index (κ3) is 4.40. The highest BCUT2D eigenvalue weighted by molar-refractivity contribution is 4.73. The molecule has 1 rings (SSSR count). The molecule has 1 fully saturated rings. The second-order valence-electron chi connectivity index (χ2n) is 4.07. The number of methoxy groups -OCH3 is 1. The lowest BCUT2D eigenvalue weighted by molar-refractivity contribution is 0.130. The van der Waals surface area contributed by atoms with Crippen molar-refractivity contribution in [2.24, 2.45) is 0 Å². The van der Waals surface area contributed by atoms with Gasteiger partial charge >= 0.3 is 0 Å². The van der Waals surface area contributed by atoms with Crippen LogP contribution in [0.2, 0.25) is 0 Å². The molecule has 1 unspecified atom stereocenters. The highest BCUT2D eigenvalue weighted by atomic mass is 16.5. The van der Waals surface area contributed by atoms with E-state index in [1.807, 2.05) is 0 Å². The van der Waals surface area contributed by atoms with Gasteiger partial charge in [0.1, 0.15) is 0 Å². The molecule has 0 radical (unpaired) electrons. The molecule has 1 atom stereocenters. The predicted molar refractivity (Wildman–Crippen MR) is 59.6 cm³/mol. The summed E-state index contributed by atoms with van der Waals surface area (Å²) < 4.78 is 5.21. The van der Waals surface area contributed by atoms with Gasteiger partial charge in [0, 0.05) is 19.7 Å². The number of nitrogens with one attached hydrogen (secondary N) is 1. The molecule has 1 saturated heterocycles. The molecule has 0 aromatic heterocycles. The van der Waals surface area contributed by atoms with Gasteiger partial charge in [-0.1, -0.05) is 13.3 Å². The topological polar surface area (TPSA) is 24.5 Å². The molecule has 0 saturated carbocycles. The molecule has 0 amide bonds. The Balaban J connectivity index is 2.21. The Hall–Kier alpha value is -0.120. The number of hydrogen-bond donors (Lipinski definition) is 1. The molecule has 0 spiro atoms. The van der Waals surface area contributed by atoms with E-state index >= 15 is 0 Å². The minimum Gasteiger partial charge on any atom is -0.383 e. The SMILES string of the molecule is CCNC(COC)CN1CCCCC1. The van der Waals surface area contributed by atoms with Gasteiger partial charge in [-0.25, -0.2) is 0 Å². The van der Waals surface area contributed by atoms with Crippen molar-refractivity contribution in [3.63, 3.8) is 0 Å². The smallest absolute Gasteiger partial charge is 0.0628 e. The van der Waals surface area contributed by atoms with Gasteiger partial charge in [-0.05, 0) is 32.5 Å². The highest BCUT2D eigenvalue weighted by Crippen LogP contribution is 2.08. The molecule has 0 aromatic carbocycles. The molecule has 1 aliphatic heterocycles. The molecule has 0 aromatic rings. The Morgan fingerprint density at radius 2 is 2.00 bits per heavy atom. The summed E-state index contributed by atoms with van der Waals surface area (Å²) in [5, 5.41) is 3.46. The molecule has 1 heterocycles. The Bertz CT molecular complexity index is 129. The summed E-state index contributed by atoms with van der Waals surface area (Å²) in [5.74, 6) is 0. The van der Waals surface area contributed by atoms with E-state index in [0.717, 1.165) is 19.7 Å². The number of nitrogens with zero attached hydrogens (tertiary/aromatic N) is 1. The quantitative estimate of drug-likeness (QED) is 0.695. The Labute approximate surface area is 87.8 Å². The maximum absolute atomic E-state index is 5.21. The Kier molecular flexibility index (Phi) is 6.15. The van der Waals surface area contributed by atoms with E-state index in [1.165, 1.54) is 32.4 Å². The first-order valence-corrected chi connectivity index (χ1v) is 5.81. The number of rotatable bonds is 6. The first kappa shape index (κ1) is 12.0.